The Balaban J connectivity index is 1.96. The summed E-state index contributed by atoms with van der Waals surface area (Å²) in [4.78, 5) is 13.8. The molecule has 0 spiro atoms. The van der Waals surface area contributed by atoms with Crippen molar-refractivity contribution < 1.29 is 9.18 Å². The van der Waals surface area contributed by atoms with Gasteiger partial charge in [0.2, 0.25) is 5.91 Å². The number of amides is 1. The van der Waals surface area contributed by atoms with Crippen LogP contribution in [0.3, 0.4) is 0 Å². The monoisotopic (exact) mass is 259 g/mol. The van der Waals surface area contributed by atoms with Crippen LogP contribution in [0.2, 0.25) is 0 Å². The third-order valence-corrected chi connectivity index (χ3v) is 3.44. The average molecular weight is 259 g/mol. The van der Waals surface area contributed by atoms with Crippen LogP contribution in [-0.2, 0) is 11.8 Å². The first kappa shape index (κ1) is 11.9. The van der Waals surface area contributed by atoms with E-state index in [0.29, 0.717) is 6.42 Å². The number of aryl methyl sites for hydroxylation is 1. The van der Waals surface area contributed by atoms with Crippen LogP contribution in [0.5, 0.6) is 0 Å². The first-order valence-corrected chi connectivity index (χ1v) is 6.21. The minimum absolute atomic E-state index is 0.0303. The van der Waals surface area contributed by atoms with Crippen LogP contribution >= 0.6 is 0 Å². The molecule has 3 rings (SSSR count). The third kappa shape index (κ3) is 2.12. The summed E-state index contributed by atoms with van der Waals surface area (Å²) < 4.78 is 14.6. The number of carbonyl (C=O) groups is 1. The maximum absolute atomic E-state index is 13.0. The maximum atomic E-state index is 13.0. The Morgan fingerprint density at radius 3 is 2.68 bits per heavy atom. The first-order valence-electron chi connectivity index (χ1n) is 6.21. The van der Waals surface area contributed by atoms with E-state index < -0.39 is 0 Å². The van der Waals surface area contributed by atoms with Gasteiger partial charge >= 0.3 is 0 Å². The van der Waals surface area contributed by atoms with Gasteiger partial charge in [-0.15, -0.1) is 0 Å². The zero-order valence-electron chi connectivity index (χ0n) is 10.6. The molecule has 0 saturated carbocycles. The highest BCUT2D eigenvalue weighted by Crippen LogP contribution is 2.36. The SMILES string of the molecule is Cn1cc(N2C(=O)CCC2c2ccc(F)cc2)cn1. The molecule has 0 bridgehead atoms. The van der Waals surface area contributed by atoms with Crippen LogP contribution in [0.1, 0.15) is 24.4 Å². The van der Waals surface area contributed by atoms with Crippen molar-refractivity contribution in [1.82, 2.24) is 9.78 Å². The fourth-order valence-electron chi connectivity index (χ4n) is 2.54. The Bertz CT molecular complexity index is 605. The molecule has 1 atom stereocenters. The summed E-state index contributed by atoms with van der Waals surface area (Å²) in [5.74, 6) is -0.177. The largest absolute Gasteiger partial charge is 0.302 e. The highest BCUT2D eigenvalue weighted by atomic mass is 19.1. The summed E-state index contributed by atoms with van der Waals surface area (Å²) in [5.41, 5.74) is 1.75. The van der Waals surface area contributed by atoms with E-state index in [1.807, 2.05) is 13.2 Å². The minimum atomic E-state index is -0.263. The van der Waals surface area contributed by atoms with Crippen molar-refractivity contribution in [3.8, 4) is 0 Å². The molecule has 1 amide bonds. The van der Waals surface area contributed by atoms with Crippen molar-refractivity contribution >= 4 is 11.6 Å². The molecule has 98 valence electrons. The Morgan fingerprint density at radius 1 is 1.32 bits per heavy atom. The van der Waals surface area contributed by atoms with Crippen LogP contribution < -0.4 is 4.90 Å². The van der Waals surface area contributed by atoms with Crippen LogP contribution in [0.4, 0.5) is 10.1 Å². The van der Waals surface area contributed by atoms with Crippen LogP contribution in [0.25, 0.3) is 0 Å². The lowest BCUT2D eigenvalue weighted by Gasteiger charge is -2.23. The van der Waals surface area contributed by atoms with Gasteiger partial charge in [0.15, 0.2) is 0 Å². The summed E-state index contributed by atoms with van der Waals surface area (Å²) >= 11 is 0. The van der Waals surface area contributed by atoms with E-state index >= 15 is 0 Å². The van der Waals surface area contributed by atoms with E-state index in [4.69, 9.17) is 0 Å². The molecule has 0 radical (unpaired) electrons. The van der Waals surface area contributed by atoms with Crippen molar-refractivity contribution in [2.75, 3.05) is 4.90 Å². The van der Waals surface area contributed by atoms with Crippen molar-refractivity contribution in [2.45, 2.75) is 18.9 Å². The number of anilines is 1. The fraction of sp³-hybridized carbons (Fsp3) is 0.286. The highest BCUT2D eigenvalue weighted by molar-refractivity contribution is 5.96. The van der Waals surface area contributed by atoms with Gasteiger partial charge in [-0.3, -0.25) is 9.48 Å². The zero-order chi connectivity index (χ0) is 13.4. The van der Waals surface area contributed by atoms with Gasteiger partial charge in [0.05, 0.1) is 17.9 Å². The summed E-state index contributed by atoms with van der Waals surface area (Å²) in [7, 11) is 1.82. The number of halogens is 1. The lowest BCUT2D eigenvalue weighted by Crippen LogP contribution is -2.26. The fourth-order valence-corrected chi connectivity index (χ4v) is 2.54. The molecular formula is C14H14FN3O. The first-order chi connectivity index (χ1) is 9.15. The summed E-state index contributed by atoms with van der Waals surface area (Å²) in [6.45, 7) is 0. The van der Waals surface area contributed by atoms with Gasteiger partial charge in [0, 0.05) is 19.7 Å². The van der Waals surface area contributed by atoms with E-state index in [2.05, 4.69) is 5.10 Å². The standard InChI is InChI=1S/C14H14FN3O/c1-17-9-12(8-16-17)18-13(6-7-14(18)19)10-2-4-11(15)5-3-10/h2-5,8-9,13H,6-7H2,1H3. The van der Waals surface area contributed by atoms with Crippen LogP contribution in [0, 0.1) is 5.82 Å². The van der Waals surface area contributed by atoms with Crippen molar-refractivity contribution in [3.05, 3.63) is 48.0 Å². The van der Waals surface area contributed by atoms with Crippen LogP contribution in [0.15, 0.2) is 36.7 Å². The Labute approximate surface area is 110 Å². The molecule has 1 aromatic heterocycles. The van der Waals surface area contributed by atoms with E-state index in [9.17, 15) is 9.18 Å². The minimum Gasteiger partial charge on any atom is -0.302 e. The lowest BCUT2D eigenvalue weighted by molar-refractivity contribution is -0.117. The lowest BCUT2D eigenvalue weighted by atomic mass is 10.0. The van der Waals surface area contributed by atoms with Crippen molar-refractivity contribution in [1.29, 1.82) is 0 Å². The summed E-state index contributed by atoms with van der Waals surface area (Å²) in [6.07, 6.45) is 4.76. The second-order valence-corrected chi connectivity index (χ2v) is 4.74. The molecule has 5 heteroatoms. The number of hydrogen-bond donors (Lipinski definition) is 0. The second-order valence-electron chi connectivity index (χ2n) is 4.74. The van der Waals surface area contributed by atoms with Gasteiger partial charge in [-0.05, 0) is 24.1 Å². The summed E-state index contributed by atoms with van der Waals surface area (Å²) in [6, 6.07) is 6.31. The number of carbonyl (C=O) groups excluding carboxylic acids is 1. The molecule has 1 saturated heterocycles. The maximum Gasteiger partial charge on any atom is 0.227 e. The number of benzene rings is 1. The van der Waals surface area contributed by atoms with Crippen molar-refractivity contribution in [2.24, 2.45) is 7.05 Å². The van der Waals surface area contributed by atoms with E-state index in [1.165, 1.54) is 12.1 Å². The molecule has 1 unspecified atom stereocenters. The molecule has 1 fully saturated rings. The molecule has 4 nitrogen and oxygen atoms in total. The smallest absolute Gasteiger partial charge is 0.227 e. The third-order valence-electron chi connectivity index (χ3n) is 3.44. The van der Waals surface area contributed by atoms with Crippen LogP contribution in [-0.4, -0.2) is 15.7 Å². The molecule has 2 aromatic rings. The van der Waals surface area contributed by atoms with E-state index in [1.54, 1.807) is 27.9 Å². The van der Waals surface area contributed by atoms with Gasteiger partial charge in [-0.1, -0.05) is 12.1 Å². The quantitative estimate of drug-likeness (QED) is 0.830. The Hall–Kier alpha value is -2.17. The molecular weight excluding hydrogens is 245 g/mol. The number of nitrogens with zero attached hydrogens (tertiary/aromatic N) is 3. The van der Waals surface area contributed by atoms with Gasteiger partial charge in [-0.25, -0.2) is 4.39 Å². The van der Waals surface area contributed by atoms with E-state index in [0.717, 1.165) is 17.7 Å². The molecule has 2 heterocycles. The average Bonchev–Trinajstić information content (AvgIpc) is 2.96. The molecule has 1 aliphatic heterocycles. The molecule has 19 heavy (non-hydrogen) atoms. The van der Waals surface area contributed by atoms with Crippen molar-refractivity contribution in [3.63, 3.8) is 0 Å². The number of hydrogen-bond acceptors (Lipinski definition) is 2. The van der Waals surface area contributed by atoms with Gasteiger partial charge in [0.25, 0.3) is 0 Å². The zero-order valence-corrected chi connectivity index (χ0v) is 10.6. The molecule has 0 N–H and O–H groups in total. The predicted molar refractivity (Wildman–Crippen MR) is 69.1 cm³/mol. The topological polar surface area (TPSA) is 38.1 Å². The van der Waals surface area contributed by atoms with Gasteiger partial charge in [0.1, 0.15) is 5.82 Å². The highest BCUT2D eigenvalue weighted by Gasteiger charge is 2.33. The number of aromatic nitrogens is 2. The number of rotatable bonds is 2. The second kappa shape index (κ2) is 4.50. The summed E-state index contributed by atoms with van der Waals surface area (Å²) in [5, 5.41) is 4.10. The Morgan fingerprint density at radius 2 is 2.05 bits per heavy atom. The van der Waals surface area contributed by atoms with Gasteiger partial charge < -0.3 is 4.90 Å². The predicted octanol–water partition coefficient (Wildman–Crippen LogP) is 2.43. The van der Waals surface area contributed by atoms with E-state index in [-0.39, 0.29) is 17.8 Å². The molecule has 1 aliphatic rings. The van der Waals surface area contributed by atoms with Gasteiger partial charge in [-0.2, -0.15) is 5.10 Å². The molecule has 1 aromatic carbocycles. The normalized spacial score (nSPS) is 19.2. The Kier molecular flexibility index (Phi) is 2.81. The molecule has 0 aliphatic carbocycles.